The minimum absolute atomic E-state index is 0.554. The van der Waals surface area contributed by atoms with Gasteiger partial charge in [0.15, 0.2) is 5.65 Å². The standard InChI is InChI=1S/C27H27ClN4O/c1-17-6-8-18(9-7-17)16-31(19-10-11-19)27-22-4-3-5-25(22)30-26-23(15-29-32(26)27)21-13-12-20(33-2)14-24(21)28/h6-9,12-15,19H,3-5,10-11,16H2,1-2H3. The predicted molar refractivity (Wildman–Crippen MR) is 132 cm³/mol. The fourth-order valence-corrected chi connectivity index (χ4v) is 5.20. The second kappa shape index (κ2) is 8.07. The number of aromatic nitrogens is 3. The summed E-state index contributed by atoms with van der Waals surface area (Å²) in [5, 5.41) is 5.51. The Morgan fingerprint density at radius 2 is 1.91 bits per heavy atom. The molecule has 1 saturated carbocycles. The van der Waals surface area contributed by atoms with E-state index in [0.717, 1.165) is 48.3 Å². The Labute approximate surface area is 199 Å². The first-order chi connectivity index (χ1) is 16.1. The zero-order valence-corrected chi connectivity index (χ0v) is 19.8. The maximum atomic E-state index is 6.64. The lowest BCUT2D eigenvalue weighted by molar-refractivity contribution is 0.415. The molecule has 2 heterocycles. The highest BCUT2D eigenvalue weighted by Crippen LogP contribution is 2.41. The van der Waals surface area contributed by atoms with Crippen molar-refractivity contribution in [3.63, 3.8) is 0 Å². The van der Waals surface area contributed by atoms with Crippen LogP contribution in [0.4, 0.5) is 5.82 Å². The number of halogens is 1. The average molecular weight is 459 g/mol. The molecule has 0 amide bonds. The van der Waals surface area contributed by atoms with Crippen molar-refractivity contribution < 1.29 is 4.74 Å². The van der Waals surface area contributed by atoms with E-state index in [1.54, 1.807) is 7.11 Å². The largest absolute Gasteiger partial charge is 0.497 e. The summed E-state index contributed by atoms with van der Waals surface area (Å²) in [5.74, 6) is 1.96. The van der Waals surface area contributed by atoms with Gasteiger partial charge in [0.1, 0.15) is 11.6 Å². The molecular weight excluding hydrogens is 432 g/mol. The summed E-state index contributed by atoms with van der Waals surface area (Å²) >= 11 is 6.64. The van der Waals surface area contributed by atoms with Gasteiger partial charge < -0.3 is 9.64 Å². The van der Waals surface area contributed by atoms with Gasteiger partial charge in [-0.05, 0) is 62.8 Å². The molecule has 0 atom stereocenters. The normalized spacial score (nSPS) is 15.1. The van der Waals surface area contributed by atoms with Crippen molar-refractivity contribution in [1.29, 1.82) is 0 Å². The minimum atomic E-state index is 0.554. The fourth-order valence-electron chi connectivity index (χ4n) is 4.93. The van der Waals surface area contributed by atoms with E-state index >= 15 is 0 Å². The van der Waals surface area contributed by atoms with Crippen molar-refractivity contribution in [2.75, 3.05) is 12.0 Å². The second-order valence-corrected chi connectivity index (χ2v) is 9.61. The molecule has 2 aromatic carbocycles. The van der Waals surface area contributed by atoms with E-state index in [9.17, 15) is 0 Å². The van der Waals surface area contributed by atoms with Crippen LogP contribution in [0, 0.1) is 6.92 Å². The lowest BCUT2D eigenvalue weighted by atomic mass is 10.1. The SMILES string of the molecule is COc1ccc(-c2cnn3c(N(Cc4ccc(C)cc4)C4CC4)c4c(nc23)CCC4)c(Cl)c1. The Morgan fingerprint density at radius 1 is 1.09 bits per heavy atom. The maximum Gasteiger partial charge on any atom is 0.165 e. The molecule has 5 nitrogen and oxygen atoms in total. The van der Waals surface area contributed by atoms with Crippen molar-refractivity contribution >= 4 is 23.1 Å². The number of ether oxygens (including phenoxy) is 1. The number of anilines is 1. The smallest absolute Gasteiger partial charge is 0.165 e. The van der Waals surface area contributed by atoms with E-state index in [-0.39, 0.29) is 0 Å². The summed E-state index contributed by atoms with van der Waals surface area (Å²) < 4.78 is 7.40. The van der Waals surface area contributed by atoms with E-state index in [1.165, 1.54) is 41.0 Å². The average Bonchev–Trinajstić information content (AvgIpc) is 3.42. The molecule has 1 fully saturated rings. The van der Waals surface area contributed by atoms with E-state index in [2.05, 4.69) is 40.6 Å². The summed E-state index contributed by atoms with van der Waals surface area (Å²) in [6, 6.07) is 15.2. The summed E-state index contributed by atoms with van der Waals surface area (Å²) in [6.07, 6.45) is 7.58. The van der Waals surface area contributed by atoms with Crippen molar-refractivity contribution in [3.05, 3.63) is 76.1 Å². The lowest BCUT2D eigenvalue weighted by Gasteiger charge is -2.27. The number of benzene rings is 2. The van der Waals surface area contributed by atoms with Crippen LogP contribution in [0.1, 0.15) is 41.6 Å². The molecule has 2 aliphatic carbocycles. The molecule has 2 aliphatic rings. The summed E-state index contributed by atoms with van der Waals surface area (Å²) in [7, 11) is 1.65. The van der Waals surface area contributed by atoms with Crippen molar-refractivity contribution in [1.82, 2.24) is 14.6 Å². The topological polar surface area (TPSA) is 42.7 Å². The molecule has 4 aromatic rings. The third-order valence-electron chi connectivity index (χ3n) is 6.84. The van der Waals surface area contributed by atoms with Crippen LogP contribution in [-0.4, -0.2) is 27.7 Å². The Hall–Kier alpha value is -3.05. The van der Waals surface area contributed by atoms with Crippen LogP contribution in [-0.2, 0) is 19.4 Å². The molecule has 168 valence electrons. The number of methoxy groups -OCH3 is 1. The first kappa shape index (κ1) is 20.5. The van der Waals surface area contributed by atoms with Crippen molar-refractivity contribution in [2.24, 2.45) is 0 Å². The Morgan fingerprint density at radius 3 is 2.64 bits per heavy atom. The molecule has 0 N–H and O–H groups in total. The van der Waals surface area contributed by atoms with Gasteiger partial charge in [-0.25, -0.2) is 4.98 Å². The molecule has 6 heteroatoms. The van der Waals surface area contributed by atoms with Gasteiger partial charge in [0.2, 0.25) is 0 Å². The van der Waals surface area contributed by atoms with Gasteiger partial charge in [0.25, 0.3) is 0 Å². The number of rotatable bonds is 6. The van der Waals surface area contributed by atoms with E-state index in [1.807, 2.05) is 24.4 Å². The lowest BCUT2D eigenvalue weighted by Crippen LogP contribution is -2.29. The van der Waals surface area contributed by atoms with Gasteiger partial charge >= 0.3 is 0 Å². The second-order valence-electron chi connectivity index (χ2n) is 9.20. The van der Waals surface area contributed by atoms with Crippen molar-refractivity contribution in [3.8, 4) is 16.9 Å². The van der Waals surface area contributed by atoms with Crippen LogP contribution in [0.15, 0.2) is 48.7 Å². The molecule has 33 heavy (non-hydrogen) atoms. The van der Waals surface area contributed by atoms with Gasteiger partial charge in [-0.1, -0.05) is 41.4 Å². The molecule has 0 saturated heterocycles. The third-order valence-corrected chi connectivity index (χ3v) is 7.16. The van der Waals surface area contributed by atoms with Gasteiger partial charge in [0, 0.05) is 35.0 Å². The number of fused-ring (bicyclic) bond motifs is 2. The molecule has 0 radical (unpaired) electrons. The third kappa shape index (κ3) is 3.65. The Balaban J connectivity index is 1.51. The highest BCUT2D eigenvalue weighted by atomic mass is 35.5. The van der Waals surface area contributed by atoms with E-state index in [0.29, 0.717) is 11.1 Å². The zero-order valence-electron chi connectivity index (χ0n) is 19.0. The van der Waals surface area contributed by atoms with Crippen LogP contribution >= 0.6 is 11.6 Å². The molecule has 0 unspecified atom stereocenters. The summed E-state index contributed by atoms with van der Waals surface area (Å²) in [5.41, 5.74) is 7.96. The van der Waals surface area contributed by atoms with E-state index in [4.69, 9.17) is 26.4 Å². The highest BCUT2D eigenvalue weighted by Gasteiger charge is 2.35. The van der Waals surface area contributed by atoms with Crippen LogP contribution in [0.25, 0.3) is 16.8 Å². The number of nitrogens with zero attached hydrogens (tertiary/aromatic N) is 4. The quantitative estimate of drug-likeness (QED) is 0.354. The van der Waals surface area contributed by atoms with E-state index < -0.39 is 0 Å². The predicted octanol–water partition coefficient (Wildman–Crippen LogP) is 6.02. The molecule has 6 rings (SSSR count). The summed E-state index contributed by atoms with van der Waals surface area (Å²) in [4.78, 5) is 7.67. The van der Waals surface area contributed by atoms with Crippen LogP contribution in [0.5, 0.6) is 5.75 Å². The number of aryl methyl sites for hydroxylation is 2. The number of hydrogen-bond acceptors (Lipinski definition) is 4. The maximum absolute atomic E-state index is 6.64. The fraction of sp³-hybridized carbons (Fsp3) is 0.333. The first-order valence-corrected chi connectivity index (χ1v) is 12.1. The molecule has 0 bridgehead atoms. The van der Waals surface area contributed by atoms with Crippen molar-refractivity contribution in [2.45, 2.75) is 51.6 Å². The number of hydrogen-bond donors (Lipinski definition) is 0. The van der Waals surface area contributed by atoms with Gasteiger partial charge in [0.05, 0.1) is 18.3 Å². The molecule has 0 spiro atoms. The monoisotopic (exact) mass is 458 g/mol. The summed E-state index contributed by atoms with van der Waals surface area (Å²) in [6.45, 7) is 3.02. The Bertz CT molecular complexity index is 1340. The minimum Gasteiger partial charge on any atom is -0.497 e. The molecular formula is C27H27ClN4O. The van der Waals surface area contributed by atoms with Crippen LogP contribution in [0.2, 0.25) is 5.02 Å². The van der Waals surface area contributed by atoms with Crippen LogP contribution < -0.4 is 9.64 Å². The zero-order chi connectivity index (χ0) is 22.5. The Kier molecular flexibility index (Phi) is 5.02. The van der Waals surface area contributed by atoms with Gasteiger partial charge in [-0.2, -0.15) is 9.61 Å². The van der Waals surface area contributed by atoms with Gasteiger partial charge in [-0.3, -0.25) is 0 Å². The molecule has 0 aliphatic heterocycles. The van der Waals surface area contributed by atoms with Gasteiger partial charge in [-0.15, -0.1) is 0 Å². The first-order valence-electron chi connectivity index (χ1n) is 11.7. The molecule has 2 aromatic heterocycles. The highest BCUT2D eigenvalue weighted by molar-refractivity contribution is 6.33. The van der Waals surface area contributed by atoms with Crippen LogP contribution in [0.3, 0.4) is 0 Å².